The third-order valence-electron chi connectivity index (χ3n) is 1.02. The quantitative estimate of drug-likeness (QED) is 0.526. The minimum absolute atomic E-state index is 0.402. The lowest BCUT2D eigenvalue weighted by Gasteiger charge is -2.14. The molecule has 0 aliphatic heterocycles. The summed E-state index contributed by atoms with van der Waals surface area (Å²) >= 11 is 0. The number of carbonyl (C=O) groups is 1. The van der Waals surface area contributed by atoms with E-state index in [2.05, 4.69) is 28.2 Å². The maximum absolute atomic E-state index is 9.93. The average molecular weight is 205 g/mol. The van der Waals surface area contributed by atoms with Gasteiger partial charge in [0.15, 0.2) is 0 Å². The molecule has 14 heavy (non-hydrogen) atoms. The predicted molar refractivity (Wildman–Crippen MR) is 55.2 cm³/mol. The van der Waals surface area contributed by atoms with Crippen molar-refractivity contribution in [2.45, 2.75) is 18.9 Å². The van der Waals surface area contributed by atoms with E-state index < -0.39 is 12.0 Å². The fourth-order valence-corrected chi connectivity index (χ4v) is 0.456. The van der Waals surface area contributed by atoms with Gasteiger partial charge in [0, 0.05) is 6.04 Å². The fourth-order valence-electron chi connectivity index (χ4n) is 0.456. The molecule has 0 aliphatic rings. The summed E-state index contributed by atoms with van der Waals surface area (Å²) in [6, 6.07) is -0.853. The Morgan fingerprint density at radius 1 is 1.36 bits per heavy atom. The summed E-state index contributed by atoms with van der Waals surface area (Å²) in [5.41, 5.74) is 10.2. The van der Waals surface area contributed by atoms with E-state index in [-0.39, 0.29) is 0 Å². The van der Waals surface area contributed by atoms with Gasteiger partial charge in [-0.1, -0.05) is 0 Å². The van der Waals surface area contributed by atoms with Crippen LogP contribution in [0.3, 0.4) is 0 Å². The van der Waals surface area contributed by atoms with Gasteiger partial charge >= 0.3 is 0 Å². The molecule has 0 aromatic carbocycles. The summed E-state index contributed by atoms with van der Waals surface area (Å²) in [6.07, 6.45) is 1.04. The number of aliphatic carboxylic acids is 1. The second kappa shape index (κ2) is 7.73. The molecule has 86 valence electrons. The molecule has 1 unspecified atom stereocenters. The van der Waals surface area contributed by atoms with E-state index in [1.54, 1.807) is 0 Å². The summed E-state index contributed by atoms with van der Waals surface area (Å²) in [7, 11) is 8.50. The number of quaternary nitrogens is 1. The molecule has 0 spiro atoms. The minimum atomic E-state index is -1.21. The van der Waals surface area contributed by atoms with Gasteiger partial charge in [0.1, 0.15) is 0 Å². The number of rotatable bonds is 4. The molecule has 0 saturated carbocycles. The molecule has 1 atom stereocenters. The van der Waals surface area contributed by atoms with Crippen LogP contribution in [-0.4, -0.2) is 51.2 Å². The molecule has 0 bridgehead atoms. The van der Waals surface area contributed by atoms with Gasteiger partial charge in [0.05, 0.1) is 34.2 Å². The first-order valence-electron chi connectivity index (χ1n) is 4.64. The highest BCUT2D eigenvalue weighted by atomic mass is 16.4. The van der Waals surface area contributed by atoms with Crippen LogP contribution in [0.15, 0.2) is 0 Å². The Labute approximate surface area is 86.3 Å². The van der Waals surface area contributed by atoms with Gasteiger partial charge in [-0.15, -0.1) is 0 Å². The Bertz CT molecular complexity index is 149. The van der Waals surface area contributed by atoms with Crippen molar-refractivity contribution in [2.75, 3.05) is 34.7 Å². The molecule has 0 heterocycles. The molecule has 0 radical (unpaired) electrons. The van der Waals surface area contributed by atoms with Gasteiger partial charge < -0.3 is 25.9 Å². The molecular formula is C9H23N3O2. The third-order valence-corrected chi connectivity index (χ3v) is 1.02. The van der Waals surface area contributed by atoms with Gasteiger partial charge in [-0.05, 0) is 19.4 Å². The van der Waals surface area contributed by atoms with Gasteiger partial charge in [-0.3, -0.25) is 0 Å². The highest BCUT2D eigenvalue weighted by molar-refractivity contribution is 5.70. The Hall–Kier alpha value is -0.650. The molecule has 0 rings (SSSR count). The maximum Gasteiger partial charge on any atom is 0.0675 e. The molecule has 0 aromatic heterocycles. The van der Waals surface area contributed by atoms with Gasteiger partial charge in [0.25, 0.3) is 0 Å². The zero-order chi connectivity index (χ0) is 11.8. The standard InChI is InChI=1S/C5H12N2O2.C4H12N/c6-3-1-2-4(7)5(8)9;1-5(2,3)4/h4H,1-3,6-7H2,(H,8,9);1-4H3/q;+1/p-1. The SMILES string of the molecule is C[N+](C)(C)C.NCCCC(N)C(=O)[O-]. The smallest absolute Gasteiger partial charge is 0.0675 e. The zero-order valence-corrected chi connectivity index (χ0v) is 9.62. The molecular weight excluding hydrogens is 182 g/mol. The number of hydrogen-bond acceptors (Lipinski definition) is 4. The van der Waals surface area contributed by atoms with E-state index in [9.17, 15) is 9.90 Å². The largest absolute Gasteiger partial charge is 0.548 e. The van der Waals surface area contributed by atoms with Crippen LogP contribution in [0, 0.1) is 0 Å². The van der Waals surface area contributed by atoms with Crippen molar-refractivity contribution in [2.24, 2.45) is 11.5 Å². The topological polar surface area (TPSA) is 92.2 Å². The van der Waals surface area contributed by atoms with E-state index in [4.69, 9.17) is 11.5 Å². The third kappa shape index (κ3) is 22.5. The molecule has 0 saturated heterocycles. The molecule has 5 nitrogen and oxygen atoms in total. The number of hydrogen-bond donors (Lipinski definition) is 2. The van der Waals surface area contributed by atoms with E-state index in [1.807, 2.05) is 0 Å². The first-order chi connectivity index (χ1) is 6.18. The van der Waals surface area contributed by atoms with Gasteiger partial charge in [0.2, 0.25) is 0 Å². The van der Waals surface area contributed by atoms with E-state index in [0.29, 0.717) is 19.4 Å². The van der Waals surface area contributed by atoms with Crippen LogP contribution in [-0.2, 0) is 4.79 Å². The normalized spacial score (nSPS) is 12.7. The Morgan fingerprint density at radius 2 is 1.71 bits per heavy atom. The highest BCUT2D eigenvalue weighted by Gasteiger charge is 1.99. The monoisotopic (exact) mass is 205 g/mol. The van der Waals surface area contributed by atoms with Gasteiger partial charge in [-0.2, -0.15) is 0 Å². The molecule has 0 amide bonds. The fraction of sp³-hybridized carbons (Fsp3) is 0.889. The second-order valence-electron chi connectivity index (χ2n) is 4.54. The predicted octanol–water partition coefficient (Wildman–Crippen LogP) is -1.88. The Kier molecular flexibility index (Phi) is 8.72. The Morgan fingerprint density at radius 3 is 1.93 bits per heavy atom. The van der Waals surface area contributed by atoms with Crippen LogP contribution in [0.25, 0.3) is 0 Å². The number of carboxylic acids is 1. The summed E-state index contributed by atoms with van der Waals surface area (Å²) < 4.78 is 1.00. The van der Waals surface area contributed by atoms with E-state index in [1.165, 1.54) is 0 Å². The average Bonchev–Trinajstić information content (AvgIpc) is 1.96. The van der Waals surface area contributed by atoms with Crippen LogP contribution in [0.1, 0.15) is 12.8 Å². The zero-order valence-electron chi connectivity index (χ0n) is 9.62. The molecule has 0 fully saturated rings. The lowest BCUT2D eigenvalue weighted by molar-refractivity contribution is -0.849. The lowest BCUT2D eigenvalue weighted by Crippen LogP contribution is -2.41. The van der Waals surface area contributed by atoms with Crippen molar-refractivity contribution in [3.05, 3.63) is 0 Å². The Balaban J connectivity index is 0. The summed E-state index contributed by atoms with van der Waals surface area (Å²) in [5, 5.41) is 9.93. The van der Waals surface area contributed by atoms with Crippen molar-refractivity contribution in [3.63, 3.8) is 0 Å². The first kappa shape index (κ1) is 15.8. The highest BCUT2D eigenvalue weighted by Crippen LogP contribution is 1.89. The first-order valence-corrected chi connectivity index (χ1v) is 4.64. The summed E-state index contributed by atoms with van der Waals surface area (Å²) in [6.45, 7) is 0.473. The number of nitrogens with two attached hydrogens (primary N) is 2. The minimum Gasteiger partial charge on any atom is -0.548 e. The number of nitrogens with zero attached hydrogens (tertiary/aromatic N) is 1. The van der Waals surface area contributed by atoms with Crippen LogP contribution in [0.5, 0.6) is 0 Å². The van der Waals surface area contributed by atoms with Crippen molar-refractivity contribution < 1.29 is 14.4 Å². The maximum atomic E-state index is 9.93. The second-order valence-corrected chi connectivity index (χ2v) is 4.54. The molecule has 0 aliphatic carbocycles. The molecule has 4 N–H and O–H groups in total. The van der Waals surface area contributed by atoms with Crippen LogP contribution < -0.4 is 16.6 Å². The van der Waals surface area contributed by atoms with Crippen molar-refractivity contribution in [1.82, 2.24) is 0 Å². The molecule has 5 heteroatoms. The van der Waals surface area contributed by atoms with Crippen LogP contribution in [0.4, 0.5) is 0 Å². The van der Waals surface area contributed by atoms with Crippen molar-refractivity contribution in [3.8, 4) is 0 Å². The summed E-state index contributed by atoms with van der Waals surface area (Å²) in [5.74, 6) is -1.21. The molecule has 0 aromatic rings. The lowest BCUT2D eigenvalue weighted by atomic mass is 10.2. The van der Waals surface area contributed by atoms with Crippen molar-refractivity contribution in [1.29, 1.82) is 0 Å². The van der Waals surface area contributed by atoms with Crippen molar-refractivity contribution >= 4 is 5.97 Å². The van der Waals surface area contributed by atoms with Gasteiger partial charge in [-0.25, -0.2) is 0 Å². The van der Waals surface area contributed by atoms with E-state index in [0.717, 1.165) is 4.48 Å². The van der Waals surface area contributed by atoms with Crippen LogP contribution in [0.2, 0.25) is 0 Å². The number of carboxylic acid groups (broad SMARTS) is 1. The van der Waals surface area contributed by atoms with Crippen LogP contribution >= 0.6 is 0 Å². The summed E-state index contributed by atoms with van der Waals surface area (Å²) in [4.78, 5) is 9.93. The van der Waals surface area contributed by atoms with E-state index >= 15 is 0 Å². The number of carbonyl (C=O) groups excluding carboxylic acids is 1.